The van der Waals surface area contributed by atoms with Crippen molar-refractivity contribution >= 4 is 11.9 Å². The third-order valence-corrected chi connectivity index (χ3v) is 8.83. The average Bonchev–Trinajstić information content (AvgIpc) is 3.10. The molecular weight excluding hydrogens is 688 g/mol. The predicted molar refractivity (Wildman–Crippen MR) is 198 cm³/mol. The Kier molecular flexibility index (Phi) is 19.6. The number of carboxylic acid groups (broad SMARTS) is 2. The molecule has 0 bridgehead atoms. The lowest BCUT2D eigenvalue weighted by atomic mass is 9.94. The molecule has 1 aliphatic rings. The van der Waals surface area contributed by atoms with E-state index >= 15 is 0 Å². The van der Waals surface area contributed by atoms with E-state index in [-0.39, 0.29) is 40.7 Å². The van der Waals surface area contributed by atoms with Crippen molar-refractivity contribution in [2.45, 2.75) is 128 Å². The van der Waals surface area contributed by atoms with Crippen LogP contribution >= 0.6 is 0 Å². The van der Waals surface area contributed by atoms with E-state index < -0.39 is 41.4 Å². The molecule has 0 unspecified atom stereocenters. The summed E-state index contributed by atoms with van der Waals surface area (Å²) in [5.41, 5.74) is 0.605. The van der Waals surface area contributed by atoms with Gasteiger partial charge in [-0.3, -0.25) is 4.79 Å². The second kappa shape index (κ2) is 23.5. The average molecular weight is 745 g/mol. The lowest BCUT2D eigenvalue weighted by molar-refractivity contribution is -0.137. The molecule has 3 aromatic rings. The maximum Gasteiger partial charge on any atom is 0.335 e. The summed E-state index contributed by atoms with van der Waals surface area (Å²) < 4.78 is 5.62. The number of aliphatic hydroxyl groups is 1. The van der Waals surface area contributed by atoms with Crippen LogP contribution in [-0.4, -0.2) is 69.1 Å². The van der Waals surface area contributed by atoms with E-state index in [1.165, 1.54) is 114 Å². The summed E-state index contributed by atoms with van der Waals surface area (Å²) in [6.45, 7) is 2.27. The van der Waals surface area contributed by atoms with Crippen molar-refractivity contribution in [2.24, 2.45) is 0 Å². The molecule has 1 heterocycles. The molecule has 0 saturated carbocycles. The SMILES string of the molecule is CCCCCCCCCCCCCCCCCC(=O)O.O=C(O)c1cc(O)c(O)c(O)c1.Oc1cc(O)c2c(c1)O[C@H](c1ccc(O)c(O)c1)[C@@H](O)C2. The number of carboxylic acids is 2. The molecule has 0 fully saturated rings. The Bertz CT molecular complexity index is 1550. The molecule has 10 N–H and O–H groups in total. The molecule has 0 amide bonds. The van der Waals surface area contributed by atoms with E-state index in [2.05, 4.69) is 6.92 Å². The molecule has 0 spiro atoms. The van der Waals surface area contributed by atoms with Gasteiger partial charge in [0.05, 0.1) is 11.7 Å². The highest BCUT2D eigenvalue weighted by Crippen LogP contribution is 2.43. The molecule has 13 heteroatoms. The third-order valence-electron chi connectivity index (χ3n) is 8.83. The van der Waals surface area contributed by atoms with Gasteiger partial charge >= 0.3 is 11.9 Å². The zero-order chi connectivity index (χ0) is 39.3. The first-order valence-electron chi connectivity index (χ1n) is 18.4. The Balaban J connectivity index is 0.000000286. The summed E-state index contributed by atoms with van der Waals surface area (Å²) in [4.78, 5) is 20.6. The van der Waals surface area contributed by atoms with Crippen molar-refractivity contribution in [3.63, 3.8) is 0 Å². The number of aromatic hydroxyl groups is 7. The highest BCUT2D eigenvalue weighted by atomic mass is 16.5. The van der Waals surface area contributed by atoms with Crippen molar-refractivity contribution in [3.05, 3.63) is 59.2 Å². The molecule has 0 saturated heterocycles. The minimum atomic E-state index is -1.29. The first-order chi connectivity index (χ1) is 25.2. The van der Waals surface area contributed by atoms with E-state index in [1.54, 1.807) is 0 Å². The topological polar surface area (TPSA) is 246 Å². The smallest absolute Gasteiger partial charge is 0.335 e. The van der Waals surface area contributed by atoms with Crippen LogP contribution < -0.4 is 4.74 Å². The van der Waals surface area contributed by atoms with Gasteiger partial charge in [0.15, 0.2) is 28.7 Å². The quantitative estimate of drug-likeness (QED) is 0.0435. The zero-order valence-electron chi connectivity index (χ0n) is 30.4. The number of carbonyl (C=O) groups is 2. The lowest BCUT2D eigenvalue weighted by Crippen LogP contribution is -2.30. The van der Waals surface area contributed by atoms with Crippen LogP contribution in [0.25, 0.3) is 0 Å². The number of hydrogen-bond donors (Lipinski definition) is 10. The maximum absolute atomic E-state index is 10.3. The standard InChI is InChI=1S/C18H36O2.C15H14O6.C7H6O5/c1-2-3-4-5-6-7-8-9-10-11-12-13-14-15-16-17-18(19)20;16-8-4-11(18)9-6-13(20)15(21-14(9)5-8)7-1-2-10(17)12(19)3-7;8-4-1-3(7(11)12)2-5(9)6(4)10/h2-17H2,1H3,(H,19,20);1-5,13,15-20H,6H2;1-2,8-10H,(H,11,12)/t;13-,15+;/m.0./s1. The molecular formula is C40H56O13. The van der Waals surface area contributed by atoms with E-state index in [0.29, 0.717) is 17.5 Å². The van der Waals surface area contributed by atoms with E-state index in [1.807, 2.05) is 0 Å². The van der Waals surface area contributed by atoms with Crippen molar-refractivity contribution in [2.75, 3.05) is 0 Å². The largest absolute Gasteiger partial charge is 0.508 e. The second-order valence-corrected chi connectivity index (χ2v) is 13.3. The summed E-state index contributed by atoms with van der Waals surface area (Å²) in [7, 11) is 0. The van der Waals surface area contributed by atoms with Gasteiger partial charge in [-0.1, -0.05) is 103 Å². The lowest BCUT2D eigenvalue weighted by Gasteiger charge is -2.31. The minimum absolute atomic E-state index is 0.143. The number of phenols is 7. The predicted octanol–water partition coefficient (Wildman–Crippen LogP) is 8.38. The van der Waals surface area contributed by atoms with Crippen LogP contribution in [0.3, 0.4) is 0 Å². The summed E-state index contributed by atoms with van der Waals surface area (Å²) in [5.74, 6) is -4.57. The first-order valence-corrected chi connectivity index (χ1v) is 18.4. The molecule has 13 nitrogen and oxygen atoms in total. The van der Waals surface area contributed by atoms with Crippen LogP contribution in [0.4, 0.5) is 0 Å². The summed E-state index contributed by atoms with van der Waals surface area (Å²) in [6, 6.07) is 8.36. The number of aliphatic carboxylic acids is 1. The third kappa shape index (κ3) is 16.0. The number of phenolic OH excluding ortho intramolecular Hbond substituents is 7. The van der Waals surface area contributed by atoms with Crippen molar-refractivity contribution in [3.8, 4) is 46.0 Å². The number of rotatable bonds is 18. The first kappa shape index (κ1) is 44.1. The van der Waals surface area contributed by atoms with Gasteiger partial charge in [-0.15, -0.1) is 0 Å². The fourth-order valence-electron chi connectivity index (χ4n) is 5.84. The Labute approximate surface area is 310 Å². The van der Waals surface area contributed by atoms with Gasteiger partial charge in [0.2, 0.25) is 0 Å². The second-order valence-electron chi connectivity index (χ2n) is 13.3. The summed E-state index contributed by atoms with van der Waals surface area (Å²) >= 11 is 0. The van der Waals surface area contributed by atoms with Crippen molar-refractivity contribution < 1.29 is 65.4 Å². The number of benzene rings is 3. The number of fused-ring (bicyclic) bond motifs is 1. The van der Waals surface area contributed by atoms with Crippen LogP contribution in [-0.2, 0) is 11.2 Å². The van der Waals surface area contributed by atoms with E-state index in [9.17, 15) is 35.1 Å². The van der Waals surface area contributed by atoms with Gasteiger partial charge in [0, 0.05) is 30.5 Å². The highest BCUT2D eigenvalue weighted by molar-refractivity contribution is 5.89. The monoisotopic (exact) mass is 744 g/mol. The fourth-order valence-corrected chi connectivity index (χ4v) is 5.84. The van der Waals surface area contributed by atoms with Gasteiger partial charge in [-0.25, -0.2) is 4.79 Å². The van der Waals surface area contributed by atoms with Crippen LogP contribution in [0.15, 0.2) is 42.5 Å². The van der Waals surface area contributed by atoms with Gasteiger partial charge in [-0.05, 0) is 36.2 Å². The normalized spacial score (nSPS) is 14.5. The Hall–Kier alpha value is -5.04. The highest BCUT2D eigenvalue weighted by Gasteiger charge is 2.32. The van der Waals surface area contributed by atoms with Gasteiger partial charge < -0.3 is 55.8 Å². The van der Waals surface area contributed by atoms with Crippen LogP contribution in [0, 0.1) is 0 Å². The summed E-state index contributed by atoms with van der Waals surface area (Å²) in [5, 5.41) is 91.8. The van der Waals surface area contributed by atoms with Crippen molar-refractivity contribution in [1.29, 1.82) is 0 Å². The Morgan fingerprint density at radius 2 is 1.13 bits per heavy atom. The van der Waals surface area contributed by atoms with Crippen molar-refractivity contribution in [1.82, 2.24) is 0 Å². The number of ether oxygens (including phenoxy) is 1. The molecule has 0 aliphatic carbocycles. The van der Waals surface area contributed by atoms with E-state index in [0.717, 1.165) is 25.0 Å². The van der Waals surface area contributed by atoms with Crippen LogP contribution in [0.1, 0.15) is 137 Å². The zero-order valence-corrected chi connectivity index (χ0v) is 30.4. The molecule has 3 aromatic carbocycles. The number of aromatic carboxylic acids is 1. The molecule has 0 aromatic heterocycles. The van der Waals surface area contributed by atoms with Gasteiger partial charge in [0.25, 0.3) is 0 Å². The number of unbranched alkanes of at least 4 members (excludes halogenated alkanes) is 14. The molecule has 53 heavy (non-hydrogen) atoms. The summed E-state index contributed by atoms with van der Waals surface area (Å²) in [6.07, 6.45) is 18.6. The number of aliphatic hydroxyl groups excluding tert-OH is 1. The molecule has 4 rings (SSSR count). The molecule has 0 radical (unpaired) electrons. The number of hydrogen-bond acceptors (Lipinski definition) is 11. The Morgan fingerprint density at radius 3 is 1.60 bits per heavy atom. The minimum Gasteiger partial charge on any atom is -0.508 e. The van der Waals surface area contributed by atoms with Crippen LogP contribution in [0.5, 0.6) is 46.0 Å². The van der Waals surface area contributed by atoms with Gasteiger partial charge in [0.1, 0.15) is 23.4 Å². The maximum atomic E-state index is 10.3. The molecule has 1 aliphatic heterocycles. The van der Waals surface area contributed by atoms with E-state index in [4.69, 9.17) is 30.3 Å². The Morgan fingerprint density at radius 1 is 0.623 bits per heavy atom. The van der Waals surface area contributed by atoms with Gasteiger partial charge in [-0.2, -0.15) is 0 Å². The van der Waals surface area contributed by atoms with Crippen LogP contribution in [0.2, 0.25) is 0 Å². The molecule has 2 atom stereocenters. The fraction of sp³-hybridized carbons (Fsp3) is 0.500. The molecule has 294 valence electrons.